The number of rotatable bonds is 4. The monoisotopic (exact) mass is 212 g/mol. The minimum Gasteiger partial charge on any atom is -0.339 e. The fourth-order valence-electron chi connectivity index (χ4n) is 2.36. The highest BCUT2D eigenvalue weighted by molar-refractivity contribution is 5.81. The summed E-state index contributed by atoms with van der Waals surface area (Å²) in [5.41, 5.74) is 0. The van der Waals surface area contributed by atoms with Crippen molar-refractivity contribution in [3.8, 4) is 0 Å². The summed E-state index contributed by atoms with van der Waals surface area (Å²) in [6.45, 7) is 4.86. The molecule has 1 amide bonds. The van der Waals surface area contributed by atoms with Gasteiger partial charge in [0.15, 0.2) is 0 Å². The lowest BCUT2D eigenvalue weighted by Gasteiger charge is -2.35. The first-order chi connectivity index (χ1) is 7.20. The van der Waals surface area contributed by atoms with Crippen LogP contribution in [-0.2, 0) is 4.79 Å². The molecule has 1 aliphatic rings. The van der Waals surface area contributed by atoms with Crippen molar-refractivity contribution in [3.05, 3.63) is 0 Å². The van der Waals surface area contributed by atoms with Gasteiger partial charge in [0.2, 0.25) is 5.91 Å². The Kier molecular flexibility index (Phi) is 5.09. The van der Waals surface area contributed by atoms with Crippen molar-refractivity contribution >= 4 is 5.91 Å². The van der Waals surface area contributed by atoms with E-state index < -0.39 is 0 Å². The van der Waals surface area contributed by atoms with Gasteiger partial charge in [0.25, 0.3) is 0 Å². The predicted octanol–water partition coefficient (Wildman–Crippen LogP) is 1.78. The molecule has 0 spiro atoms. The molecule has 88 valence electrons. The topological polar surface area (TPSA) is 32.3 Å². The Morgan fingerprint density at radius 3 is 2.47 bits per heavy atom. The maximum atomic E-state index is 12.1. The van der Waals surface area contributed by atoms with Gasteiger partial charge < -0.3 is 10.2 Å². The molecule has 0 saturated heterocycles. The van der Waals surface area contributed by atoms with Crippen LogP contribution in [0, 0.1) is 0 Å². The van der Waals surface area contributed by atoms with Crippen LogP contribution in [0.4, 0.5) is 0 Å². The number of nitrogens with one attached hydrogen (secondary N) is 1. The number of carbonyl (C=O) groups is 1. The molecule has 1 fully saturated rings. The van der Waals surface area contributed by atoms with Crippen LogP contribution in [0.15, 0.2) is 0 Å². The van der Waals surface area contributed by atoms with Gasteiger partial charge in [-0.2, -0.15) is 0 Å². The molecule has 0 aromatic heterocycles. The molecule has 0 aromatic rings. The highest BCUT2D eigenvalue weighted by Crippen LogP contribution is 2.22. The third-order valence-corrected chi connectivity index (χ3v) is 3.44. The minimum absolute atomic E-state index is 0.0492. The van der Waals surface area contributed by atoms with E-state index in [2.05, 4.69) is 17.1 Å². The van der Waals surface area contributed by atoms with E-state index in [0.717, 1.165) is 6.54 Å². The molecule has 0 bridgehead atoms. The number of hydrogen-bond donors (Lipinski definition) is 1. The molecule has 1 rings (SSSR count). The summed E-state index contributed by atoms with van der Waals surface area (Å²) in [6, 6.07) is 0.443. The molecule has 1 atom stereocenters. The van der Waals surface area contributed by atoms with Crippen molar-refractivity contribution in [2.75, 3.05) is 13.6 Å². The first-order valence-corrected chi connectivity index (χ1v) is 6.18. The quantitative estimate of drug-likeness (QED) is 0.770. The molecule has 1 saturated carbocycles. The van der Waals surface area contributed by atoms with Crippen LogP contribution in [0.25, 0.3) is 0 Å². The molecule has 15 heavy (non-hydrogen) atoms. The summed E-state index contributed by atoms with van der Waals surface area (Å²) in [5, 5.41) is 3.03. The first-order valence-electron chi connectivity index (χ1n) is 6.18. The van der Waals surface area contributed by atoms with Crippen LogP contribution in [0.2, 0.25) is 0 Å². The van der Waals surface area contributed by atoms with Gasteiger partial charge >= 0.3 is 0 Å². The Labute approximate surface area is 93.2 Å². The van der Waals surface area contributed by atoms with E-state index in [0.29, 0.717) is 6.04 Å². The number of nitrogens with zero attached hydrogens (tertiary/aromatic N) is 1. The second-order valence-corrected chi connectivity index (χ2v) is 4.43. The summed E-state index contributed by atoms with van der Waals surface area (Å²) in [5.74, 6) is 0.256. The zero-order valence-electron chi connectivity index (χ0n) is 10.3. The largest absolute Gasteiger partial charge is 0.339 e. The molecule has 0 aromatic carbocycles. The van der Waals surface area contributed by atoms with Gasteiger partial charge in [-0.1, -0.05) is 19.3 Å². The van der Waals surface area contributed by atoms with Crippen LogP contribution in [0.5, 0.6) is 0 Å². The summed E-state index contributed by atoms with van der Waals surface area (Å²) < 4.78 is 0. The maximum absolute atomic E-state index is 12.1. The van der Waals surface area contributed by atoms with E-state index >= 15 is 0 Å². The van der Waals surface area contributed by atoms with E-state index in [-0.39, 0.29) is 11.9 Å². The van der Waals surface area contributed by atoms with Crippen LogP contribution in [0.3, 0.4) is 0 Å². The number of likely N-dealkylation sites (N-methyl/N-ethyl adjacent to an activating group) is 2. The number of carbonyl (C=O) groups excluding carboxylic acids is 1. The zero-order chi connectivity index (χ0) is 11.3. The molecule has 3 nitrogen and oxygen atoms in total. The standard InChI is InChI=1S/C12H24N2O/c1-4-14(12(15)10(2)13-3)11-8-6-5-7-9-11/h10-11,13H,4-9H2,1-3H3. The average Bonchev–Trinajstić information content (AvgIpc) is 2.30. The molecule has 0 aliphatic heterocycles. The molecule has 1 N–H and O–H groups in total. The zero-order valence-corrected chi connectivity index (χ0v) is 10.3. The summed E-state index contributed by atoms with van der Waals surface area (Å²) >= 11 is 0. The Morgan fingerprint density at radius 1 is 1.40 bits per heavy atom. The van der Waals surface area contributed by atoms with Gasteiger partial charge in [-0.3, -0.25) is 4.79 Å². The van der Waals surface area contributed by atoms with Crippen LogP contribution in [0.1, 0.15) is 46.0 Å². The molecule has 0 heterocycles. The fraction of sp³-hybridized carbons (Fsp3) is 0.917. The highest BCUT2D eigenvalue weighted by Gasteiger charge is 2.26. The Morgan fingerprint density at radius 2 is 2.00 bits per heavy atom. The van der Waals surface area contributed by atoms with Crippen molar-refractivity contribution in [2.45, 2.75) is 58.0 Å². The summed E-state index contributed by atoms with van der Waals surface area (Å²) in [6.07, 6.45) is 6.28. The highest BCUT2D eigenvalue weighted by atomic mass is 16.2. The lowest BCUT2D eigenvalue weighted by molar-refractivity contribution is -0.135. The average molecular weight is 212 g/mol. The van der Waals surface area contributed by atoms with Gasteiger partial charge in [0.1, 0.15) is 0 Å². The lowest BCUT2D eigenvalue weighted by Crippen LogP contribution is -2.48. The summed E-state index contributed by atoms with van der Waals surface area (Å²) in [4.78, 5) is 14.1. The third-order valence-electron chi connectivity index (χ3n) is 3.44. The van der Waals surface area contributed by atoms with E-state index in [1.165, 1.54) is 32.1 Å². The van der Waals surface area contributed by atoms with Gasteiger partial charge in [-0.25, -0.2) is 0 Å². The van der Waals surface area contributed by atoms with Gasteiger partial charge in [-0.15, -0.1) is 0 Å². The Bertz CT molecular complexity index is 200. The van der Waals surface area contributed by atoms with Crippen molar-refractivity contribution in [2.24, 2.45) is 0 Å². The number of amides is 1. The lowest BCUT2D eigenvalue weighted by atomic mass is 9.94. The van der Waals surface area contributed by atoms with Gasteiger partial charge in [-0.05, 0) is 33.7 Å². The van der Waals surface area contributed by atoms with Crippen molar-refractivity contribution < 1.29 is 4.79 Å². The second kappa shape index (κ2) is 6.11. The number of hydrogen-bond acceptors (Lipinski definition) is 2. The predicted molar refractivity (Wildman–Crippen MR) is 62.8 cm³/mol. The maximum Gasteiger partial charge on any atom is 0.239 e. The molecule has 0 radical (unpaired) electrons. The minimum atomic E-state index is -0.0492. The third kappa shape index (κ3) is 3.20. The van der Waals surface area contributed by atoms with Crippen molar-refractivity contribution in [1.29, 1.82) is 0 Å². The molecular weight excluding hydrogens is 188 g/mol. The normalized spacial score (nSPS) is 19.9. The van der Waals surface area contributed by atoms with Gasteiger partial charge in [0.05, 0.1) is 6.04 Å². The molecular formula is C12H24N2O. The van der Waals surface area contributed by atoms with Crippen molar-refractivity contribution in [1.82, 2.24) is 10.2 Å². The Hall–Kier alpha value is -0.570. The second-order valence-electron chi connectivity index (χ2n) is 4.43. The van der Waals surface area contributed by atoms with E-state index in [4.69, 9.17) is 0 Å². The van der Waals surface area contributed by atoms with Gasteiger partial charge in [0, 0.05) is 12.6 Å². The van der Waals surface area contributed by atoms with E-state index in [1.807, 2.05) is 14.0 Å². The Balaban J connectivity index is 2.56. The van der Waals surface area contributed by atoms with Crippen LogP contribution < -0.4 is 5.32 Å². The van der Waals surface area contributed by atoms with E-state index in [9.17, 15) is 4.79 Å². The molecule has 1 aliphatic carbocycles. The van der Waals surface area contributed by atoms with E-state index in [1.54, 1.807) is 0 Å². The first kappa shape index (κ1) is 12.5. The van der Waals surface area contributed by atoms with Crippen LogP contribution >= 0.6 is 0 Å². The smallest absolute Gasteiger partial charge is 0.239 e. The summed E-state index contributed by atoms with van der Waals surface area (Å²) in [7, 11) is 1.84. The van der Waals surface area contributed by atoms with Crippen molar-refractivity contribution in [3.63, 3.8) is 0 Å². The molecule has 1 unspecified atom stereocenters. The molecule has 3 heteroatoms. The fourth-order valence-corrected chi connectivity index (χ4v) is 2.36. The SMILES string of the molecule is CCN(C(=O)C(C)NC)C1CCCCC1. The van der Waals surface area contributed by atoms with Crippen LogP contribution in [-0.4, -0.2) is 36.5 Å².